The molecule has 0 aromatic rings. The van der Waals surface area contributed by atoms with Gasteiger partial charge in [-0.1, -0.05) is 26.2 Å². The quantitative estimate of drug-likeness (QED) is 0.528. The molecule has 7 heteroatoms. The number of nitrogens with zero attached hydrogens (tertiary/aromatic N) is 1. The number of rotatable bonds is 7. The Hall–Kier alpha value is -0.820. The third kappa shape index (κ3) is 7.45. The van der Waals surface area contributed by atoms with Crippen LogP contribution in [0, 0.1) is 0 Å². The highest BCUT2D eigenvalue weighted by molar-refractivity contribution is 7.86. The molecule has 1 heterocycles. The van der Waals surface area contributed by atoms with E-state index in [0.29, 0.717) is 19.4 Å². The van der Waals surface area contributed by atoms with Gasteiger partial charge >= 0.3 is 6.09 Å². The Morgan fingerprint density at radius 1 is 1.23 bits per heavy atom. The molecular formula is C15H29NO5S. The zero-order chi connectivity index (χ0) is 16.8. The van der Waals surface area contributed by atoms with Crippen molar-refractivity contribution in [1.82, 2.24) is 4.90 Å². The molecule has 0 N–H and O–H groups in total. The molecule has 130 valence electrons. The first-order chi connectivity index (χ1) is 10.1. The van der Waals surface area contributed by atoms with Gasteiger partial charge in [-0.3, -0.25) is 4.18 Å². The predicted octanol–water partition coefficient (Wildman–Crippen LogP) is 2.92. The van der Waals surface area contributed by atoms with E-state index in [2.05, 4.69) is 6.92 Å². The van der Waals surface area contributed by atoms with Crippen molar-refractivity contribution in [3.05, 3.63) is 0 Å². The SMILES string of the molecule is CCCCCCS(=O)(=O)O[C@H]1CCN(C(=O)OC(C)(C)C)C1. The molecule has 1 rings (SSSR count). The van der Waals surface area contributed by atoms with Crippen LogP contribution in [0.15, 0.2) is 0 Å². The highest BCUT2D eigenvalue weighted by atomic mass is 32.2. The summed E-state index contributed by atoms with van der Waals surface area (Å²) in [6, 6.07) is 0. The molecule has 6 nitrogen and oxygen atoms in total. The molecule has 22 heavy (non-hydrogen) atoms. The standard InChI is InChI=1S/C15H29NO5S/c1-5-6-7-8-11-22(18,19)21-13-9-10-16(12-13)14(17)20-15(2,3)4/h13H,5-12H2,1-4H3/t13-/m0/s1. The van der Waals surface area contributed by atoms with Crippen LogP contribution in [0.3, 0.4) is 0 Å². The lowest BCUT2D eigenvalue weighted by molar-refractivity contribution is 0.0276. The van der Waals surface area contributed by atoms with Crippen LogP contribution in [0.5, 0.6) is 0 Å². The van der Waals surface area contributed by atoms with Crippen molar-refractivity contribution in [3.8, 4) is 0 Å². The van der Waals surface area contributed by atoms with Gasteiger partial charge in [-0.15, -0.1) is 0 Å². The molecule has 0 saturated carbocycles. The van der Waals surface area contributed by atoms with Crippen molar-refractivity contribution in [2.45, 2.75) is 71.5 Å². The topological polar surface area (TPSA) is 72.9 Å². The van der Waals surface area contributed by atoms with Crippen molar-refractivity contribution >= 4 is 16.2 Å². The highest BCUT2D eigenvalue weighted by Gasteiger charge is 2.32. The molecule has 0 radical (unpaired) electrons. The molecule has 0 unspecified atom stereocenters. The maximum atomic E-state index is 11.9. The molecule has 1 amide bonds. The van der Waals surface area contributed by atoms with E-state index in [4.69, 9.17) is 8.92 Å². The normalized spacial score (nSPS) is 19.5. The van der Waals surface area contributed by atoms with Gasteiger partial charge in [0.15, 0.2) is 0 Å². The van der Waals surface area contributed by atoms with Gasteiger partial charge in [-0.2, -0.15) is 8.42 Å². The van der Waals surface area contributed by atoms with E-state index in [1.54, 1.807) is 20.8 Å². The van der Waals surface area contributed by atoms with Gasteiger partial charge < -0.3 is 9.64 Å². The van der Waals surface area contributed by atoms with Crippen LogP contribution in [0.25, 0.3) is 0 Å². The number of carbonyl (C=O) groups excluding carboxylic acids is 1. The summed E-state index contributed by atoms with van der Waals surface area (Å²) in [5.74, 6) is 0.0515. The lowest BCUT2D eigenvalue weighted by atomic mass is 10.2. The van der Waals surface area contributed by atoms with Crippen LogP contribution >= 0.6 is 0 Å². The molecule has 1 fully saturated rings. The molecule has 1 aliphatic rings. The van der Waals surface area contributed by atoms with Crippen molar-refractivity contribution in [2.75, 3.05) is 18.8 Å². The summed E-state index contributed by atoms with van der Waals surface area (Å²) in [5, 5.41) is 0. The number of hydrogen-bond donors (Lipinski definition) is 0. The molecule has 0 bridgehead atoms. The van der Waals surface area contributed by atoms with Gasteiger partial charge in [0.25, 0.3) is 10.1 Å². The molecule has 1 saturated heterocycles. The van der Waals surface area contributed by atoms with Crippen molar-refractivity contribution in [1.29, 1.82) is 0 Å². The Kier molecular flexibility index (Phi) is 7.12. The molecule has 0 aromatic carbocycles. The van der Waals surface area contributed by atoms with Crippen LogP contribution < -0.4 is 0 Å². The Morgan fingerprint density at radius 3 is 2.50 bits per heavy atom. The van der Waals surface area contributed by atoms with E-state index >= 15 is 0 Å². The zero-order valence-corrected chi connectivity index (χ0v) is 14.9. The second-order valence-corrected chi connectivity index (χ2v) is 8.47. The van der Waals surface area contributed by atoms with E-state index < -0.39 is 27.9 Å². The van der Waals surface area contributed by atoms with Crippen LogP contribution in [0.4, 0.5) is 4.79 Å². The summed E-state index contributed by atoms with van der Waals surface area (Å²) in [6.07, 6.45) is 3.27. The first-order valence-corrected chi connectivity index (χ1v) is 9.59. The number of carbonyl (C=O) groups is 1. The van der Waals surface area contributed by atoms with Gasteiger partial charge in [0, 0.05) is 6.54 Å². The van der Waals surface area contributed by atoms with Crippen LogP contribution in [0.2, 0.25) is 0 Å². The molecular weight excluding hydrogens is 306 g/mol. The summed E-state index contributed by atoms with van der Waals surface area (Å²) >= 11 is 0. The fourth-order valence-corrected chi connectivity index (χ4v) is 3.49. The summed E-state index contributed by atoms with van der Waals surface area (Å²) in [5.41, 5.74) is -0.554. The average Bonchev–Trinajstić information content (AvgIpc) is 2.80. The maximum absolute atomic E-state index is 11.9. The lowest BCUT2D eigenvalue weighted by Crippen LogP contribution is -2.36. The fraction of sp³-hybridized carbons (Fsp3) is 0.933. The minimum atomic E-state index is -3.51. The number of unbranched alkanes of at least 4 members (excludes halogenated alkanes) is 3. The van der Waals surface area contributed by atoms with Gasteiger partial charge in [0.1, 0.15) is 5.60 Å². The van der Waals surface area contributed by atoms with Crippen LogP contribution in [-0.4, -0.2) is 50.0 Å². The number of likely N-dealkylation sites (tertiary alicyclic amines) is 1. The molecule has 0 aliphatic carbocycles. The molecule has 1 atom stereocenters. The second kappa shape index (κ2) is 8.15. The van der Waals surface area contributed by atoms with Gasteiger partial charge in [-0.05, 0) is 33.6 Å². The Bertz CT molecular complexity index is 455. The van der Waals surface area contributed by atoms with Crippen molar-refractivity contribution < 1.29 is 22.1 Å². The fourth-order valence-electron chi connectivity index (χ4n) is 2.26. The van der Waals surface area contributed by atoms with E-state index in [-0.39, 0.29) is 12.3 Å². The minimum Gasteiger partial charge on any atom is -0.444 e. The van der Waals surface area contributed by atoms with Crippen molar-refractivity contribution in [2.24, 2.45) is 0 Å². The van der Waals surface area contributed by atoms with Gasteiger partial charge in [0.05, 0.1) is 18.4 Å². The van der Waals surface area contributed by atoms with Gasteiger partial charge in [0.2, 0.25) is 0 Å². The average molecular weight is 335 g/mol. The first-order valence-electron chi connectivity index (χ1n) is 8.02. The predicted molar refractivity (Wildman–Crippen MR) is 85.2 cm³/mol. The smallest absolute Gasteiger partial charge is 0.410 e. The largest absolute Gasteiger partial charge is 0.444 e. The summed E-state index contributed by atoms with van der Waals surface area (Å²) in [4.78, 5) is 13.4. The summed E-state index contributed by atoms with van der Waals surface area (Å²) < 4.78 is 34.3. The monoisotopic (exact) mass is 335 g/mol. The summed E-state index contributed by atoms with van der Waals surface area (Å²) in [7, 11) is -3.51. The van der Waals surface area contributed by atoms with E-state index in [1.807, 2.05) is 0 Å². The van der Waals surface area contributed by atoms with E-state index in [1.165, 1.54) is 4.90 Å². The van der Waals surface area contributed by atoms with E-state index in [9.17, 15) is 13.2 Å². The van der Waals surface area contributed by atoms with E-state index in [0.717, 1.165) is 19.3 Å². The highest BCUT2D eigenvalue weighted by Crippen LogP contribution is 2.19. The first kappa shape index (κ1) is 19.2. The minimum absolute atomic E-state index is 0.0515. The third-order valence-electron chi connectivity index (χ3n) is 3.33. The molecule has 0 aromatic heterocycles. The number of ether oxygens (including phenoxy) is 1. The van der Waals surface area contributed by atoms with Crippen molar-refractivity contribution in [3.63, 3.8) is 0 Å². The number of amides is 1. The second-order valence-electron chi connectivity index (χ2n) is 6.76. The third-order valence-corrected chi connectivity index (χ3v) is 4.68. The van der Waals surface area contributed by atoms with Gasteiger partial charge in [-0.25, -0.2) is 4.79 Å². The Labute approximate surface area is 134 Å². The zero-order valence-electron chi connectivity index (χ0n) is 14.1. The Morgan fingerprint density at radius 2 is 1.91 bits per heavy atom. The maximum Gasteiger partial charge on any atom is 0.410 e. The number of hydrogen-bond acceptors (Lipinski definition) is 5. The molecule has 1 aliphatic heterocycles. The van der Waals surface area contributed by atoms with Crippen LogP contribution in [-0.2, 0) is 19.0 Å². The Balaban J connectivity index is 2.38. The van der Waals surface area contributed by atoms with Crippen LogP contribution in [0.1, 0.15) is 59.8 Å². The summed E-state index contributed by atoms with van der Waals surface area (Å²) in [6.45, 7) is 8.21. The molecule has 0 spiro atoms. The lowest BCUT2D eigenvalue weighted by Gasteiger charge is -2.24.